The number of hydrogen-bond acceptors (Lipinski definition) is 3. The highest BCUT2D eigenvalue weighted by Gasteiger charge is 2.08. The van der Waals surface area contributed by atoms with Crippen LogP contribution in [-0.4, -0.2) is 30.5 Å². The Hall–Kier alpha value is -0.220. The quantitative estimate of drug-likeness (QED) is 0.676. The molecule has 84 valence electrons. The van der Waals surface area contributed by atoms with Crippen LogP contribution in [0.2, 0.25) is 0 Å². The maximum atomic E-state index is 11.3. The van der Waals surface area contributed by atoms with E-state index in [2.05, 4.69) is 18.5 Å². The number of thioether (sulfide) groups is 1. The summed E-state index contributed by atoms with van der Waals surface area (Å²) in [5.74, 6) is 1.69. The average Bonchev–Trinajstić information content (AvgIpc) is 2.15. The Morgan fingerprint density at radius 3 is 2.71 bits per heavy atom. The lowest BCUT2D eigenvalue weighted by Crippen LogP contribution is -2.34. The molecule has 0 fully saturated rings. The van der Waals surface area contributed by atoms with E-state index in [1.165, 1.54) is 0 Å². The number of nitrogens with one attached hydrogen (secondary N) is 1. The summed E-state index contributed by atoms with van der Waals surface area (Å²) in [6, 6.07) is 0.00542. The van der Waals surface area contributed by atoms with Crippen molar-refractivity contribution in [3.63, 3.8) is 0 Å². The second-order valence-electron chi connectivity index (χ2n) is 3.74. The lowest BCUT2D eigenvalue weighted by molar-refractivity contribution is -0.121. The zero-order valence-electron chi connectivity index (χ0n) is 9.38. The third kappa shape index (κ3) is 7.21. The number of hydrogen-bond donors (Lipinski definition) is 2. The molecular weight excluding hydrogens is 196 g/mol. The van der Waals surface area contributed by atoms with Crippen molar-refractivity contribution in [1.82, 2.24) is 5.32 Å². The van der Waals surface area contributed by atoms with Crippen LogP contribution in [0.1, 0.15) is 26.7 Å². The van der Waals surface area contributed by atoms with Crippen molar-refractivity contribution in [1.29, 1.82) is 0 Å². The van der Waals surface area contributed by atoms with Gasteiger partial charge in [-0.15, -0.1) is 0 Å². The van der Waals surface area contributed by atoms with E-state index >= 15 is 0 Å². The van der Waals surface area contributed by atoms with Crippen molar-refractivity contribution in [2.75, 3.05) is 18.6 Å². The minimum atomic E-state index is 0.00542. The lowest BCUT2D eigenvalue weighted by atomic mass is 10.1. The van der Waals surface area contributed by atoms with Crippen LogP contribution in [0.15, 0.2) is 0 Å². The smallest absolute Gasteiger partial charge is 0.221 e. The van der Waals surface area contributed by atoms with Crippen molar-refractivity contribution in [2.24, 2.45) is 11.7 Å². The molecule has 0 saturated carbocycles. The van der Waals surface area contributed by atoms with Gasteiger partial charge in [0, 0.05) is 19.0 Å². The second kappa shape index (κ2) is 8.12. The normalized spacial score (nSPS) is 14.9. The minimum Gasteiger partial charge on any atom is -0.356 e. The van der Waals surface area contributed by atoms with Crippen LogP contribution in [0.25, 0.3) is 0 Å². The molecule has 2 atom stereocenters. The van der Waals surface area contributed by atoms with E-state index in [9.17, 15) is 4.79 Å². The van der Waals surface area contributed by atoms with E-state index in [0.29, 0.717) is 12.3 Å². The predicted molar refractivity (Wildman–Crippen MR) is 63.4 cm³/mol. The van der Waals surface area contributed by atoms with Gasteiger partial charge < -0.3 is 11.1 Å². The highest BCUT2D eigenvalue weighted by molar-refractivity contribution is 7.98. The molecular formula is C10H22N2OS. The SMILES string of the molecule is CCC(N)CC(=O)NCC(C)CSC. The van der Waals surface area contributed by atoms with Gasteiger partial charge in [0.2, 0.25) is 5.91 Å². The molecule has 0 saturated heterocycles. The summed E-state index contributed by atoms with van der Waals surface area (Å²) in [5.41, 5.74) is 5.67. The summed E-state index contributed by atoms with van der Waals surface area (Å²) < 4.78 is 0. The molecule has 0 aromatic carbocycles. The molecule has 0 aromatic heterocycles. The number of carbonyl (C=O) groups excluding carboxylic acids is 1. The Balaban J connectivity index is 3.53. The molecule has 0 spiro atoms. The van der Waals surface area contributed by atoms with Crippen LogP contribution in [0.4, 0.5) is 0 Å². The fourth-order valence-electron chi connectivity index (χ4n) is 1.09. The molecule has 2 unspecified atom stereocenters. The third-order valence-corrected chi connectivity index (χ3v) is 2.97. The van der Waals surface area contributed by atoms with E-state index in [-0.39, 0.29) is 11.9 Å². The highest BCUT2D eigenvalue weighted by atomic mass is 32.2. The van der Waals surface area contributed by atoms with Crippen molar-refractivity contribution in [3.05, 3.63) is 0 Å². The summed E-state index contributed by atoms with van der Waals surface area (Å²) in [7, 11) is 0. The predicted octanol–water partition coefficient (Wildman–Crippen LogP) is 1.23. The van der Waals surface area contributed by atoms with E-state index in [4.69, 9.17) is 5.73 Å². The Morgan fingerprint density at radius 2 is 2.21 bits per heavy atom. The molecule has 0 rings (SSSR count). The van der Waals surface area contributed by atoms with Gasteiger partial charge in [0.1, 0.15) is 0 Å². The number of nitrogens with two attached hydrogens (primary N) is 1. The molecule has 0 aliphatic rings. The molecule has 3 N–H and O–H groups in total. The van der Waals surface area contributed by atoms with Crippen molar-refractivity contribution < 1.29 is 4.79 Å². The summed E-state index contributed by atoms with van der Waals surface area (Å²) in [6.07, 6.45) is 3.38. The second-order valence-corrected chi connectivity index (χ2v) is 4.65. The lowest BCUT2D eigenvalue weighted by Gasteiger charge is -2.13. The Bertz CT molecular complexity index is 164. The molecule has 3 nitrogen and oxygen atoms in total. The van der Waals surface area contributed by atoms with Gasteiger partial charge in [0.05, 0.1) is 0 Å². The summed E-state index contributed by atoms with van der Waals surface area (Å²) >= 11 is 1.80. The molecule has 0 bridgehead atoms. The van der Waals surface area contributed by atoms with E-state index in [0.717, 1.165) is 18.7 Å². The van der Waals surface area contributed by atoms with Gasteiger partial charge in [-0.1, -0.05) is 13.8 Å². The fraction of sp³-hybridized carbons (Fsp3) is 0.900. The van der Waals surface area contributed by atoms with Crippen LogP contribution in [0, 0.1) is 5.92 Å². The molecule has 4 heteroatoms. The first-order valence-electron chi connectivity index (χ1n) is 5.11. The first kappa shape index (κ1) is 13.8. The van der Waals surface area contributed by atoms with Crippen molar-refractivity contribution >= 4 is 17.7 Å². The van der Waals surface area contributed by atoms with Crippen LogP contribution in [-0.2, 0) is 4.79 Å². The number of rotatable bonds is 7. The Labute approximate surface area is 91.2 Å². The number of carbonyl (C=O) groups is 1. The standard InChI is InChI=1S/C10H22N2OS/c1-4-9(11)5-10(13)12-6-8(2)7-14-3/h8-9H,4-7,11H2,1-3H3,(H,12,13). The molecule has 1 amide bonds. The zero-order valence-corrected chi connectivity index (χ0v) is 10.2. The first-order chi connectivity index (χ1) is 6.60. The largest absolute Gasteiger partial charge is 0.356 e. The molecule has 14 heavy (non-hydrogen) atoms. The average molecular weight is 218 g/mol. The van der Waals surface area contributed by atoms with Gasteiger partial charge in [-0.05, 0) is 24.3 Å². The first-order valence-corrected chi connectivity index (χ1v) is 6.50. The Kier molecular flexibility index (Phi) is 7.99. The zero-order chi connectivity index (χ0) is 11.0. The minimum absolute atomic E-state index is 0.00542. The van der Waals surface area contributed by atoms with Crippen LogP contribution in [0.5, 0.6) is 0 Å². The van der Waals surface area contributed by atoms with E-state index < -0.39 is 0 Å². The maximum Gasteiger partial charge on any atom is 0.221 e. The van der Waals surface area contributed by atoms with Crippen LogP contribution >= 0.6 is 11.8 Å². The van der Waals surface area contributed by atoms with Gasteiger partial charge >= 0.3 is 0 Å². The summed E-state index contributed by atoms with van der Waals surface area (Å²) in [4.78, 5) is 11.3. The van der Waals surface area contributed by atoms with Crippen molar-refractivity contribution in [3.8, 4) is 0 Å². The number of amides is 1. The molecule has 0 heterocycles. The van der Waals surface area contributed by atoms with Gasteiger partial charge in [-0.2, -0.15) is 11.8 Å². The van der Waals surface area contributed by atoms with Crippen LogP contribution in [0.3, 0.4) is 0 Å². The summed E-state index contributed by atoms with van der Waals surface area (Å²) in [5, 5.41) is 2.90. The van der Waals surface area contributed by atoms with Crippen molar-refractivity contribution in [2.45, 2.75) is 32.7 Å². The third-order valence-electron chi connectivity index (χ3n) is 2.07. The fourth-order valence-corrected chi connectivity index (χ4v) is 1.77. The van der Waals surface area contributed by atoms with E-state index in [1.54, 1.807) is 11.8 Å². The van der Waals surface area contributed by atoms with Gasteiger partial charge in [-0.3, -0.25) is 4.79 Å². The van der Waals surface area contributed by atoms with E-state index in [1.807, 2.05) is 6.92 Å². The van der Waals surface area contributed by atoms with Gasteiger partial charge in [0.25, 0.3) is 0 Å². The molecule has 0 aliphatic heterocycles. The molecule has 0 aromatic rings. The van der Waals surface area contributed by atoms with Gasteiger partial charge in [-0.25, -0.2) is 0 Å². The highest BCUT2D eigenvalue weighted by Crippen LogP contribution is 2.02. The molecule has 0 aliphatic carbocycles. The monoisotopic (exact) mass is 218 g/mol. The molecule has 0 radical (unpaired) electrons. The van der Waals surface area contributed by atoms with Crippen LogP contribution < -0.4 is 11.1 Å². The summed E-state index contributed by atoms with van der Waals surface area (Å²) in [6.45, 7) is 4.89. The Morgan fingerprint density at radius 1 is 1.57 bits per heavy atom. The van der Waals surface area contributed by atoms with Gasteiger partial charge in [0.15, 0.2) is 0 Å². The topological polar surface area (TPSA) is 55.1 Å². The maximum absolute atomic E-state index is 11.3.